The highest BCUT2D eigenvalue weighted by Gasteiger charge is 2.38. The van der Waals surface area contributed by atoms with Crippen molar-refractivity contribution in [3.05, 3.63) is 64.7 Å². The molecule has 7 nitrogen and oxygen atoms in total. The second-order valence-electron chi connectivity index (χ2n) is 6.70. The van der Waals surface area contributed by atoms with E-state index in [1.54, 1.807) is 36.4 Å². The van der Waals surface area contributed by atoms with E-state index in [1.807, 2.05) is 0 Å². The molecule has 0 saturated carbocycles. The maximum absolute atomic E-state index is 12.9. The average Bonchev–Trinajstić information content (AvgIpc) is 2.76. The van der Waals surface area contributed by atoms with Crippen molar-refractivity contribution in [1.29, 1.82) is 0 Å². The van der Waals surface area contributed by atoms with Crippen molar-refractivity contribution < 1.29 is 33.7 Å². The van der Waals surface area contributed by atoms with Crippen molar-refractivity contribution in [3.63, 3.8) is 0 Å². The third-order valence-electron chi connectivity index (χ3n) is 5.05. The zero-order valence-corrected chi connectivity index (χ0v) is 15.6. The third-order valence-corrected chi connectivity index (χ3v) is 5.05. The molecule has 0 aromatic heterocycles. The van der Waals surface area contributed by atoms with Crippen LogP contribution >= 0.6 is 0 Å². The predicted molar refractivity (Wildman–Crippen MR) is 102 cm³/mol. The topological polar surface area (TPSA) is 99.1 Å². The lowest BCUT2D eigenvalue weighted by Crippen LogP contribution is -2.28. The van der Waals surface area contributed by atoms with Gasteiger partial charge in [0.2, 0.25) is 11.6 Å². The van der Waals surface area contributed by atoms with Crippen LogP contribution in [-0.4, -0.2) is 43.0 Å². The van der Waals surface area contributed by atoms with Crippen LogP contribution in [0.1, 0.15) is 33.8 Å². The number of hydrogen-bond acceptors (Lipinski definition) is 7. The molecule has 0 amide bonds. The Labute approximate surface area is 166 Å². The fraction of sp³-hybridized carbons (Fsp3) is 0.227. The number of benzene rings is 2. The second kappa shape index (κ2) is 7.43. The van der Waals surface area contributed by atoms with Crippen LogP contribution in [0.2, 0.25) is 0 Å². The summed E-state index contributed by atoms with van der Waals surface area (Å²) in [5.74, 6) is -2.32. The molecule has 0 spiro atoms. The molecule has 2 aromatic carbocycles. The zero-order chi connectivity index (χ0) is 20.5. The minimum absolute atomic E-state index is 0.129. The first kappa shape index (κ1) is 18.7. The third kappa shape index (κ3) is 3.24. The lowest BCUT2D eigenvalue weighted by atomic mass is 9.78. The molecule has 0 bridgehead atoms. The molecule has 1 heterocycles. The van der Waals surface area contributed by atoms with Gasteiger partial charge in [-0.2, -0.15) is 0 Å². The van der Waals surface area contributed by atoms with Gasteiger partial charge in [0, 0.05) is 17.0 Å². The van der Waals surface area contributed by atoms with Gasteiger partial charge in [-0.15, -0.1) is 0 Å². The quantitative estimate of drug-likeness (QED) is 0.629. The molecular weight excluding hydrogens is 376 g/mol. The van der Waals surface area contributed by atoms with Crippen molar-refractivity contribution >= 4 is 23.3 Å². The smallest absolute Gasteiger partial charge is 0.306 e. The molecule has 0 unspecified atom stereocenters. The average molecular weight is 394 g/mol. The predicted octanol–water partition coefficient (Wildman–Crippen LogP) is 2.84. The minimum atomic E-state index is -0.886. The molecule has 4 rings (SSSR count). The first-order chi connectivity index (χ1) is 14.0. The first-order valence-corrected chi connectivity index (χ1v) is 9.09. The highest BCUT2D eigenvalue weighted by Crippen LogP contribution is 2.41. The summed E-state index contributed by atoms with van der Waals surface area (Å²) in [5, 5.41) is 10.9. The molecule has 0 fully saturated rings. The summed E-state index contributed by atoms with van der Waals surface area (Å²) >= 11 is 0. The Hall–Kier alpha value is -3.61. The van der Waals surface area contributed by atoms with Gasteiger partial charge in [-0.1, -0.05) is 30.3 Å². The normalized spacial score (nSPS) is 16.3. The van der Waals surface area contributed by atoms with E-state index >= 15 is 0 Å². The van der Waals surface area contributed by atoms with Crippen LogP contribution in [0.5, 0.6) is 11.5 Å². The van der Waals surface area contributed by atoms with Crippen molar-refractivity contribution in [2.24, 2.45) is 0 Å². The highest BCUT2D eigenvalue weighted by molar-refractivity contribution is 6.52. The summed E-state index contributed by atoms with van der Waals surface area (Å²) in [5.41, 5.74) is 0.801. The summed E-state index contributed by atoms with van der Waals surface area (Å²) in [6.45, 7) is 0.796. The molecule has 1 aliphatic carbocycles. The Bertz CT molecular complexity index is 1050. The monoisotopic (exact) mass is 394 g/mol. The standard InChI is InChI=1S/C22H18O7/c1-27-18(23)11-15(12-6-7-16-17(10-12)29-9-8-28-16)19-20(24)13-4-2-3-5-14(13)21(25)22(19)26/h2-7,10,15,24H,8-9,11H2,1H3/t15-/m0/s1. The fourth-order valence-electron chi connectivity index (χ4n) is 3.62. The Balaban J connectivity index is 1.87. The molecule has 29 heavy (non-hydrogen) atoms. The van der Waals surface area contributed by atoms with Gasteiger partial charge in [0.25, 0.3) is 0 Å². The SMILES string of the molecule is COC(=O)C[C@H](C1=C(O)c2ccccc2C(=O)C1=O)c1ccc2c(c1)OCCO2. The number of Topliss-reactive ketones (excluding diaryl/α,β-unsaturated/α-hetero) is 2. The summed E-state index contributed by atoms with van der Waals surface area (Å²) in [7, 11) is 1.24. The number of fused-ring (bicyclic) bond motifs is 2. The summed E-state index contributed by atoms with van der Waals surface area (Å²) < 4.78 is 15.9. The van der Waals surface area contributed by atoms with Crippen LogP contribution in [0.4, 0.5) is 0 Å². The number of ether oxygens (including phenoxy) is 3. The van der Waals surface area contributed by atoms with E-state index in [0.29, 0.717) is 30.3 Å². The van der Waals surface area contributed by atoms with Gasteiger partial charge in [0.1, 0.15) is 19.0 Å². The Morgan fingerprint density at radius 3 is 2.45 bits per heavy atom. The molecule has 1 aliphatic heterocycles. The van der Waals surface area contributed by atoms with Gasteiger partial charge in [0.05, 0.1) is 19.1 Å². The van der Waals surface area contributed by atoms with E-state index in [9.17, 15) is 19.5 Å². The van der Waals surface area contributed by atoms with E-state index in [0.717, 1.165) is 0 Å². The molecule has 1 atom stereocenters. The summed E-state index contributed by atoms with van der Waals surface area (Å²) in [4.78, 5) is 37.6. The largest absolute Gasteiger partial charge is 0.507 e. The number of aliphatic hydroxyl groups excluding tert-OH is 1. The first-order valence-electron chi connectivity index (χ1n) is 9.09. The fourth-order valence-corrected chi connectivity index (χ4v) is 3.62. The molecule has 2 aliphatic rings. The number of hydrogen-bond donors (Lipinski definition) is 1. The highest BCUT2D eigenvalue weighted by atomic mass is 16.6. The molecule has 0 radical (unpaired) electrons. The van der Waals surface area contributed by atoms with Crippen LogP contribution in [-0.2, 0) is 14.3 Å². The van der Waals surface area contributed by atoms with Gasteiger partial charge in [-0.05, 0) is 17.7 Å². The molecular formula is C22H18O7. The van der Waals surface area contributed by atoms with Gasteiger partial charge < -0.3 is 19.3 Å². The van der Waals surface area contributed by atoms with Crippen molar-refractivity contribution in [2.75, 3.05) is 20.3 Å². The minimum Gasteiger partial charge on any atom is -0.507 e. The number of methoxy groups -OCH3 is 1. The van der Waals surface area contributed by atoms with Crippen LogP contribution in [0.15, 0.2) is 48.0 Å². The van der Waals surface area contributed by atoms with E-state index in [1.165, 1.54) is 13.2 Å². The molecule has 7 heteroatoms. The molecule has 148 valence electrons. The number of aliphatic hydroxyl groups is 1. The lowest BCUT2D eigenvalue weighted by Gasteiger charge is -2.26. The maximum atomic E-state index is 12.9. The number of rotatable bonds is 4. The zero-order valence-electron chi connectivity index (χ0n) is 15.6. The molecule has 0 saturated heterocycles. The van der Waals surface area contributed by atoms with E-state index in [-0.39, 0.29) is 28.9 Å². The Morgan fingerprint density at radius 1 is 1.03 bits per heavy atom. The van der Waals surface area contributed by atoms with Crippen LogP contribution in [0.25, 0.3) is 5.76 Å². The summed E-state index contributed by atoms with van der Waals surface area (Å²) in [6, 6.07) is 11.3. The van der Waals surface area contributed by atoms with Crippen molar-refractivity contribution in [2.45, 2.75) is 12.3 Å². The van der Waals surface area contributed by atoms with Crippen molar-refractivity contribution in [1.82, 2.24) is 0 Å². The number of ketones is 2. The Kier molecular flexibility index (Phi) is 4.80. The maximum Gasteiger partial charge on any atom is 0.306 e. The van der Waals surface area contributed by atoms with E-state index in [2.05, 4.69) is 0 Å². The van der Waals surface area contributed by atoms with Gasteiger partial charge >= 0.3 is 5.97 Å². The van der Waals surface area contributed by atoms with Crippen LogP contribution < -0.4 is 9.47 Å². The summed E-state index contributed by atoms with van der Waals surface area (Å²) in [6.07, 6.45) is -0.225. The molecule has 2 aromatic rings. The molecule has 1 N–H and O–H groups in total. The van der Waals surface area contributed by atoms with Crippen LogP contribution in [0.3, 0.4) is 0 Å². The van der Waals surface area contributed by atoms with E-state index in [4.69, 9.17) is 14.2 Å². The Morgan fingerprint density at radius 2 is 1.72 bits per heavy atom. The van der Waals surface area contributed by atoms with Gasteiger partial charge in [-0.25, -0.2) is 0 Å². The number of allylic oxidation sites excluding steroid dienone is 1. The number of carbonyl (C=O) groups is 3. The van der Waals surface area contributed by atoms with Gasteiger partial charge in [-0.3, -0.25) is 14.4 Å². The van der Waals surface area contributed by atoms with Crippen molar-refractivity contribution in [3.8, 4) is 11.5 Å². The number of esters is 1. The second-order valence-corrected chi connectivity index (χ2v) is 6.70. The van der Waals surface area contributed by atoms with Gasteiger partial charge in [0.15, 0.2) is 11.5 Å². The lowest BCUT2D eigenvalue weighted by molar-refractivity contribution is -0.140. The van der Waals surface area contributed by atoms with Crippen LogP contribution in [0, 0.1) is 0 Å². The number of carbonyl (C=O) groups excluding carboxylic acids is 3. The van der Waals surface area contributed by atoms with E-state index < -0.39 is 23.5 Å².